The fraction of sp³-hybridized carbons (Fsp3) is 0.450. The van der Waals surface area contributed by atoms with E-state index in [-0.39, 0.29) is 24.0 Å². The zero-order chi connectivity index (χ0) is 18.4. The zero-order valence-corrected chi connectivity index (χ0v) is 19.7. The van der Waals surface area contributed by atoms with Crippen molar-refractivity contribution < 1.29 is 9.15 Å². The van der Waals surface area contributed by atoms with Crippen LogP contribution in [0.5, 0.6) is 0 Å². The van der Waals surface area contributed by atoms with Crippen molar-refractivity contribution in [1.82, 2.24) is 10.2 Å². The molecule has 0 radical (unpaired) electrons. The Morgan fingerprint density at radius 1 is 1.22 bits per heavy atom. The van der Waals surface area contributed by atoms with Gasteiger partial charge in [0.05, 0.1) is 12.6 Å². The van der Waals surface area contributed by atoms with Crippen molar-refractivity contribution in [3.63, 3.8) is 0 Å². The summed E-state index contributed by atoms with van der Waals surface area (Å²) in [5, 5.41) is 3.41. The molecule has 0 saturated carbocycles. The van der Waals surface area contributed by atoms with Gasteiger partial charge in [-0.1, -0.05) is 28.1 Å². The SMILES string of the molecule is CCOC1CCN(C(=NC)NCc2ccc(-c3ccc(Br)cc3)o2)CC1.I. The maximum atomic E-state index is 5.97. The van der Waals surface area contributed by atoms with Crippen LogP contribution in [-0.2, 0) is 11.3 Å². The van der Waals surface area contributed by atoms with Crippen molar-refractivity contribution in [2.24, 2.45) is 4.99 Å². The molecule has 0 spiro atoms. The summed E-state index contributed by atoms with van der Waals surface area (Å²) < 4.78 is 12.8. The molecule has 0 unspecified atom stereocenters. The third-order valence-electron chi connectivity index (χ3n) is 4.57. The van der Waals surface area contributed by atoms with E-state index in [9.17, 15) is 0 Å². The highest BCUT2D eigenvalue weighted by Gasteiger charge is 2.21. The number of ether oxygens (including phenoxy) is 1. The van der Waals surface area contributed by atoms with Crippen LogP contribution in [0.15, 0.2) is 50.3 Å². The number of nitrogens with one attached hydrogen (secondary N) is 1. The molecule has 3 rings (SSSR count). The van der Waals surface area contributed by atoms with Crippen LogP contribution >= 0.6 is 39.9 Å². The fourth-order valence-electron chi connectivity index (χ4n) is 3.21. The average Bonchev–Trinajstić information content (AvgIpc) is 3.13. The van der Waals surface area contributed by atoms with Gasteiger partial charge in [-0.3, -0.25) is 4.99 Å². The summed E-state index contributed by atoms with van der Waals surface area (Å²) in [6.07, 6.45) is 2.47. The number of benzene rings is 1. The van der Waals surface area contributed by atoms with E-state index in [1.165, 1.54) is 0 Å². The van der Waals surface area contributed by atoms with Gasteiger partial charge in [0.15, 0.2) is 5.96 Å². The van der Waals surface area contributed by atoms with Crippen LogP contribution in [-0.4, -0.2) is 43.7 Å². The van der Waals surface area contributed by atoms with E-state index < -0.39 is 0 Å². The first-order valence-corrected chi connectivity index (χ1v) is 9.90. The van der Waals surface area contributed by atoms with Gasteiger partial charge in [0, 0.05) is 36.8 Å². The number of piperidine rings is 1. The Labute approximate surface area is 186 Å². The minimum atomic E-state index is 0. The topological polar surface area (TPSA) is 50.0 Å². The van der Waals surface area contributed by atoms with E-state index in [4.69, 9.17) is 9.15 Å². The molecule has 2 aromatic rings. The molecule has 1 aliphatic rings. The summed E-state index contributed by atoms with van der Waals surface area (Å²) in [4.78, 5) is 6.70. The van der Waals surface area contributed by atoms with Gasteiger partial charge >= 0.3 is 0 Å². The Morgan fingerprint density at radius 2 is 1.93 bits per heavy atom. The van der Waals surface area contributed by atoms with Gasteiger partial charge in [-0.2, -0.15) is 0 Å². The molecule has 0 atom stereocenters. The lowest BCUT2D eigenvalue weighted by molar-refractivity contribution is 0.0263. The number of hydrogen-bond acceptors (Lipinski definition) is 3. The molecule has 1 fully saturated rings. The third-order valence-corrected chi connectivity index (χ3v) is 5.10. The number of nitrogens with zero attached hydrogens (tertiary/aromatic N) is 2. The van der Waals surface area contributed by atoms with E-state index in [0.717, 1.165) is 60.1 Å². The van der Waals surface area contributed by atoms with Crippen molar-refractivity contribution in [2.75, 3.05) is 26.7 Å². The summed E-state index contributed by atoms with van der Waals surface area (Å²) in [7, 11) is 1.83. The van der Waals surface area contributed by atoms with Crippen LogP contribution < -0.4 is 5.32 Å². The summed E-state index contributed by atoms with van der Waals surface area (Å²) in [5.41, 5.74) is 1.07. The lowest BCUT2D eigenvalue weighted by Gasteiger charge is -2.33. The molecule has 1 aliphatic heterocycles. The predicted molar refractivity (Wildman–Crippen MR) is 124 cm³/mol. The summed E-state index contributed by atoms with van der Waals surface area (Å²) in [5.74, 6) is 2.69. The summed E-state index contributed by atoms with van der Waals surface area (Å²) in [6, 6.07) is 12.1. The second-order valence-corrected chi connectivity index (χ2v) is 7.23. The van der Waals surface area contributed by atoms with Gasteiger partial charge in [-0.05, 0) is 44.0 Å². The number of rotatable bonds is 5. The first kappa shape index (κ1) is 22.2. The Morgan fingerprint density at radius 3 is 2.56 bits per heavy atom. The van der Waals surface area contributed by atoms with Crippen LogP contribution in [0.4, 0.5) is 0 Å². The molecule has 0 bridgehead atoms. The van der Waals surface area contributed by atoms with Gasteiger partial charge < -0.3 is 19.4 Å². The number of likely N-dealkylation sites (tertiary alicyclic amines) is 1. The second-order valence-electron chi connectivity index (χ2n) is 6.32. The molecule has 1 aromatic carbocycles. The highest BCUT2D eigenvalue weighted by Crippen LogP contribution is 2.24. The van der Waals surface area contributed by atoms with Crippen LogP contribution in [0.25, 0.3) is 11.3 Å². The van der Waals surface area contributed by atoms with E-state index in [1.807, 2.05) is 43.4 Å². The highest BCUT2D eigenvalue weighted by atomic mass is 127. The number of aliphatic imine (C=N–C) groups is 1. The third kappa shape index (κ3) is 6.22. The quantitative estimate of drug-likeness (QED) is 0.328. The summed E-state index contributed by atoms with van der Waals surface area (Å²) >= 11 is 3.46. The fourth-order valence-corrected chi connectivity index (χ4v) is 3.47. The van der Waals surface area contributed by atoms with Gasteiger partial charge in [0.1, 0.15) is 11.5 Å². The van der Waals surface area contributed by atoms with Crippen LogP contribution in [0.1, 0.15) is 25.5 Å². The maximum Gasteiger partial charge on any atom is 0.194 e. The maximum absolute atomic E-state index is 5.97. The molecule has 148 valence electrons. The monoisotopic (exact) mass is 547 g/mol. The Kier molecular flexibility index (Phi) is 9.11. The number of furan rings is 1. The zero-order valence-electron chi connectivity index (χ0n) is 15.8. The van der Waals surface area contributed by atoms with E-state index in [1.54, 1.807) is 0 Å². The normalized spacial score (nSPS) is 15.5. The Bertz CT molecular complexity index is 725. The number of hydrogen-bond donors (Lipinski definition) is 1. The first-order valence-electron chi connectivity index (χ1n) is 9.11. The lowest BCUT2D eigenvalue weighted by Crippen LogP contribution is -2.46. The van der Waals surface area contributed by atoms with Crippen LogP contribution in [0, 0.1) is 0 Å². The lowest BCUT2D eigenvalue weighted by atomic mass is 10.1. The minimum absolute atomic E-state index is 0. The Balaban J connectivity index is 0.00000261. The molecule has 1 saturated heterocycles. The van der Waals surface area contributed by atoms with E-state index in [2.05, 4.69) is 38.1 Å². The molecule has 1 aromatic heterocycles. The predicted octanol–water partition coefficient (Wildman–Crippen LogP) is 4.90. The Hall–Kier alpha value is -1.06. The van der Waals surface area contributed by atoms with Gasteiger partial charge in [-0.15, -0.1) is 24.0 Å². The molecule has 7 heteroatoms. The molecular formula is C20H27BrIN3O2. The standard InChI is InChI=1S/C20H26BrN3O2.HI/c1-3-25-17-10-12-24(13-11-17)20(22-2)23-14-18-8-9-19(26-18)15-4-6-16(21)7-5-15;/h4-9,17H,3,10-14H2,1-2H3,(H,22,23);1H. The number of guanidine groups is 1. The van der Waals surface area contributed by atoms with Gasteiger partial charge in [0.2, 0.25) is 0 Å². The first-order chi connectivity index (χ1) is 12.7. The van der Waals surface area contributed by atoms with Crippen molar-refractivity contribution in [3.05, 3.63) is 46.6 Å². The van der Waals surface area contributed by atoms with Crippen molar-refractivity contribution in [1.29, 1.82) is 0 Å². The van der Waals surface area contributed by atoms with E-state index in [0.29, 0.717) is 12.6 Å². The molecule has 27 heavy (non-hydrogen) atoms. The van der Waals surface area contributed by atoms with Crippen LogP contribution in [0.2, 0.25) is 0 Å². The highest BCUT2D eigenvalue weighted by molar-refractivity contribution is 14.0. The van der Waals surface area contributed by atoms with Crippen LogP contribution in [0.3, 0.4) is 0 Å². The molecule has 0 amide bonds. The van der Waals surface area contributed by atoms with Crippen molar-refractivity contribution >= 4 is 45.9 Å². The van der Waals surface area contributed by atoms with Gasteiger partial charge in [-0.25, -0.2) is 0 Å². The average molecular weight is 548 g/mol. The van der Waals surface area contributed by atoms with E-state index >= 15 is 0 Å². The second kappa shape index (κ2) is 11.1. The van der Waals surface area contributed by atoms with Gasteiger partial charge in [0.25, 0.3) is 0 Å². The minimum Gasteiger partial charge on any atom is -0.459 e. The molecular weight excluding hydrogens is 521 g/mol. The molecule has 0 aliphatic carbocycles. The number of halogens is 2. The van der Waals surface area contributed by atoms with Crippen molar-refractivity contribution in [2.45, 2.75) is 32.4 Å². The van der Waals surface area contributed by atoms with Crippen molar-refractivity contribution in [3.8, 4) is 11.3 Å². The summed E-state index contributed by atoms with van der Waals surface area (Å²) in [6.45, 7) is 5.39. The smallest absolute Gasteiger partial charge is 0.194 e. The molecule has 5 nitrogen and oxygen atoms in total. The molecule has 2 heterocycles. The molecule has 1 N–H and O–H groups in total. The largest absolute Gasteiger partial charge is 0.459 e.